The van der Waals surface area contributed by atoms with Gasteiger partial charge in [-0.1, -0.05) is 43.2 Å². The molecule has 1 amide bonds. The van der Waals surface area contributed by atoms with Gasteiger partial charge in [0.2, 0.25) is 0 Å². The minimum Gasteiger partial charge on any atom is -0.349 e. The summed E-state index contributed by atoms with van der Waals surface area (Å²) in [7, 11) is 0. The number of nitrogens with one attached hydrogen (secondary N) is 1. The molecule has 3 rings (SSSR count). The molecule has 0 saturated heterocycles. The van der Waals surface area contributed by atoms with Gasteiger partial charge in [0, 0.05) is 11.7 Å². The van der Waals surface area contributed by atoms with Gasteiger partial charge in [0.15, 0.2) is 0 Å². The number of nitrogens with zero attached hydrogens (tertiary/aromatic N) is 2. The maximum absolute atomic E-state index is 12.7. The van der Waals surface area contributed by atoms with Gasteiger partial charge < -0.3 is 11.1 Å². The van der Waals surface area contributed by atoms with Crippen LogP contribution >= 0.6 is 12.4 Å². The molecule has 0 spiro atoms. The molecule has 5 nitrogen and oxygen atoms in total. The van der Waals surface area contributed by atoms with Gasteiger partial charge in [-0.3, -0.25) is 9.48 Å². The predicted molar refractivity (Wildman–Crippen MR) is 102 cm³/mol. The zero-order valence-electron chi connectivity index (χ0n) is 14.6. The van der Waals surface area contributed by atoms with Crippen molar-refractivity contribution in [3.8, 4) is 0 Å². The summed E-state index contributed by atoms with van der Waals surface area (Å²) in [5, 5.41) is 7.58. The van der Waals surface area contributed by atoms with Crippen LogP contribution in [-0.4, -0.2) is 28.3 Å². The van der Waals surface area contributed by atoms with Gasteiger partial charge in [0.25, 0.3) is 5.91 Å². The van der Waals surface area contributed by atoms with Crippen molar-refractivity contribution < 1.29 is 4.79 Å². The molecule has 0 aliphatic heterocycles. The van der Waals surface area contributed by atoms with Gasteiger partial charge >= 0.3 is 0 Å². The van der Waals surface area contributed by atoms with E-state index in [1.165, 1.54) is 12.0 Å². The lowest BCUT2D eigenvalue weighted by atomic mass is 9.84. The van der Waals surface area contributed by atoms with Crippen LogP contribution < -0.4 is 11.1 Å². The van der Waals surface area contributed by atoms with Crippen molar-refractivity contribution in [2.24, 2.45) is 11.7 Å². The lowest BCUT2D eigenvalue weighted by molar-refractivity contribution is 0.0907. The predicted octanol–water partition coefficient (Wildman–Crippen LogP) is 2.91. The number of carbonyl (C=O) groups is 1. The van der Waals surface area contributed by atoms with E-state index in [1.54, 1.807) is 6.20 Å². The number of hydrogen-bond acceptors (Lipinski definition) is 3. The molecule has 1 aliphatic rings. The Hall–Kier alpha value is -1.85. The maximum atomic E-state index is 12.7. The third-order valence-electron chi connectivity index (χ3n) is 5.05. The van der Waals surface area contributed by atoms with E-state index in [0.717, 1.165) is 25.0 Å². The fourth-order valence-electron chi connectivity index (χ4n) is 3.51. The van der Waals surface area contributed by atoms with E-state index in [2.05, 4.69) is 22.5 Å². The van der Waals surface area contributed by atoms with Crippen molar-refractivity contribution >= 4 is 18.3 Å². The van der Waals surface area contributed by atoms with Crippen LogP contribution in [0.3, 0.4) is 0 Å². The molecule has 2 aromatic rings. The van der Waals surface area contributed by atoms with Gasteiger partial charge in [0.1, 0.15) is 0 Å². The van der Waals surface area contributed by atoms with Gasteiger partial charge in [-0.15, -0.1) is 12.4 Å². The van der Waals surface area contributed by atoms with Gasteiger partial charge in [0.05, 0.1) is 18.3 Å². The molecule has 25 heavy (non-hydrogen) atoms. The fourth-order valence-corrected chi connectivity index (χ4v) is 3.51. The SMILES string of the molecule is Cc1c(C(=O)NC2CCCCC2CN)cnn1Cc1ccccc1.Cl. The number of benzene rings is 1. The Bertz CT molecular complexity index is 686. The molecule has 1 aromatic heterocycles. The molecule has 136 valence electrons. The van der Waals surface area contributed by atoms with Gasteiger partial charge in [-0.2, -0.15) is 5.10 Å². The number of aromatic nitrogens is 2. The maximum Gasteiger partial charge on any atom is 0.254 e. The third kappa shape index (κ3) is 4.61. The molecular weight excluding hydrogens is 336 g/mol. The molecule has 1 aliphatic carbocycles. The minimum atomic E-state index is -0.0304. The van der Waals surface area contributed by atoms with Crippen LogP contribution in [0.2, 0.25) is 0 Å². The zero-order chi connectivity index (χ0) is 16.9. The molecule has 1 heterocycles. The summed E-state index contributed by atoms with van der Waals surface area (Å²) in [6.07, 6.45) is 6.17. The highest BCUT2D eigenvalue weighted by molar-refractivity contribution is 5.95. The zero-order valence-corrected chi connectivity index (χ0v) is 15.5. The van der Waals surface area contributed by atoms with Crippen LogP contribution in [-0.2, 0) is 6.54 Å². The first-order valence-electron chi connectivity index (χ1n) is 8.76. The minimum absolute atomic E-state index is 0. The highest BCUT2D eigenvalue weighted by Crippen LogP contribution is 2.24. The largest absolute Gasteiger partial charge is 0.349 e. The topological polar surface area (TPSA) is 72.9 Å². The first-order chi connectivity index (χ1) is 11.7. The lowest BCUT2D eigenvalue weighted by Crippen LogP contribution is -2.44. The second-order valence-corrected chi connectivity index (χ2v) is 6.65. The molecule has 2 atom stereocenters. The van der Waals surface area contributed by atoms with Crippen molar-refractivity contribution in [1.29, 1.82) is 0 Å². The van der Waals surface area contributed by atoms with E-state index < -0.39 is 0 Å². The first kappa shape index (κ1) is 19.5. The molecular formula is C19H27ClN4O. The summed E-state index contributed by atoms with van der Waals surface area (Å²) in [5.74, 6) is 0.361. The summed E-state index contributed by atoms with van der Waals surface area (Å²) < 4.78 is 1.88. The van der Waals surface area contributed by atoms with Crippen LogP contribution in [0, 0.1) is 12.8 Å². The second-order valence-electron chi connectivity index (χ2n) is 6.65. The molecule has 0 radical (unpaired) electrons. The Morgan fingerprint density at radius 2 is 2.00 bits per heavy atom. The third-order valence-corrected chi connectivity index (χ3v) is 5.05. The molecule has 6 heteroatoms. The van der Waals surface area contributed by atoms with Crippen LogP contribution in [0.1, 0.15) is 47.3 Å². The van der Waals surface area contributed by atoms with Crippen molar-refractivity contribution in [2.45, 2.75) is 45.2 Å². The Morgan fingerprint density at radius 1 is 1.28 bits per heavy atom. The molecule has 1 aromatic carbocycles. The van der Waals surface area contributed by atoms with Crippen LogP contribution in [0.4, 0.5) is 0 Å². The summed E-state index contributed by atoms with van der Waals surface area (Å²) in [6, 6.07) is 10.3. The monoisotopic (exact) mass is 362 g/mol. The number of halogens is 1. The van der Waals surface area contributed by atoms with Crippen LogP contribution in [0.15, 0.2) is 36.5 Å². The summed E-state index contributed by atoms with van der Waals surface area (Å²) in [5.41, 5.74) is 8.59. The van der Waals surface area contributed by atoms with Gasteiger partial charge in [-0.25, -0.2) is 0 Å². The van der Waals surface area contributed by atoms with Crippen LogP contribution in [0.25, 0.3) is 0 Å². The number of hydrogen-bond donors (Lipinski definition) is 2. The van der Waals surface area contributed by atoms with E-state index in [9.17, 15) is 4.79 Å². The molecule has 1 saturated carbocycles. The van der Waals surface area contributed by atoms with E-state index in [-0.39, 0.29) is 24.4 Å². The smallest absolute Gasteiger partial charge is 0.254 e. The molecule has 3 N–H and O–H groups in total. The van der Waals surface area contributed by atoms with Gasteiger partial charge in [-0.05, 0) is 37.8 Å². The Kier molecular flexibility index (Phi) is 7.02. The van der Waals surface area contributed by atoms with E-state index in [4.69, 9.17) is 5.73 Å². The van der Waals surface area contributed by atoms with E-state index >= 15 is 0 Å². The van der Waals surface area contributed by atoms with Crippen molar-refractivity contribution in [2.75, 3.05) is 6.54 Å². The summed E-state index contributed by atoms with van der Waals surface area (Å²) >= 11 is 0. The Balaban J connectivity index is 0.00000225. The standard InChI is InChI=1S/C19H26N4O.ClH/c1-14-17(12-21-23(14)13-15-7-3-2-4-8-15)19(24)22-18-10-6-5-9-16(18)11-20;/h2-4,7-8,12,16,18H,5-6,9-11,13,20H2,1H3,(H,22,24);1H. The van der Waals surface area contributed by atoms with E-state index in [1.807, 2.05) is 29.8 Å². The molecule has 0 bridgehead atoms. The normalized spacial score (nSPS) is 19.9. The highest BCUT2D eigenvalue weighted by Gasteiger charge is 2.26. The van der Waals surface area contributed by atoms with Crippen molar-refractivity contribution in [3.05, 3.63) is 53.3 Å². The van der Waals surface area contributed by atoms with E-state index in [0.29, 0.717) is 24.6 Å². The fraction of sp³-hybridized carbons (Fsp3) is 0.474. The average Bonchev–Trinajstić information content (AvgIpc) is 2.97. The Morgan fingerprint density at radius 3 is 2.72 bits per heavy atom. The van der Waals surface area contributed by atoms with Crippen LogP contribution in [0.5, 0.6) is 0 Å². The number of carbonyl (C=O) groups excluding carboxylic acids is 1. The number of nitrogens with two attached hydrogens (primary N) is 1. The van der Waals surface area contributed by atoms with Crippen molar-refractivity contribution in [3.63, 3.8) is 0 Å². The van der Waals surface area contributed by atoms with Crippen molar-refractivity contribution in [1.82, 2.24) is 15.1 Å². The quantitative estimate of drug-likeness (QED) is 0.858. The number of amides is 1. The number of rotatable bonds is 5. The Labute approximate surface area is 155 Å². The first-order valence-corrected chi connectivity index (χ1v) is 8.76. The lowest BCUT2D eigenvalue weighted by Gasteiger charge is -2.31. The second kappa shape index (κ2) is 9.02. The summed E-state index contributed by atoms with van der Waals surface area (Å²) in [6.45, 7) is 3.26. The average molecular weight is 363 g/mol. The summed E-state index contributed by atoms with van der Waals surface area (Å²) in [4.78, 5) is 12.7. The molecule has 2 unspecified atom stereocenters. The molecule has 1 fully saturated rings. The highest BCUT2D eigenvalue weighted by atomic mass is 35.5.